The molecule has 0 radical (unpaired) electrons. The Morgan fingerprint density at radius 2 is 1.86 bits per heavy atom. The predicted molar refractivity (Wildman–Crippen MR) is 40.3 cm³/mol. The highest BCUT2D eigenvalue weighted by Crippen LogP contribution is 2.12. The fraction of sp³-hybridized carbons (Fsp3) is 0.333. The van der Waals surface area contributed by atoms with Gasteiger partial charge in [-0.15, -0.1) is 0 Å². The van der Waals surface area contributed by atoms with E-state index < -0.39 is 35.7 Å². The number of rotatable bonds is 0. The van der Waals surface area contributed by atoms with Crippen LogP contribution in [0, 0.1) is 0 Å². The molecule has 8 heteroatoms. The first kappa shape index (κ1) is 8.63. The summed E-state index contributed by atoms with van der Waals surface area (Å²) in [5.74, 6) is -2.24. The summed E-state index contributed by atoms with van der Waals surface area (Å²) in [6.45, 7) is 0. The van der Waals surface area contributed by atoms with Gasteiger partial charge in [-0.05, 0) is 0 Å². The number of carbonyl (C=O) groups excluding carboxylic acids is 4. The van der Waals surface area contributed by atoms with Gasteiger partial charge in [0, 0.05) is 0 Å². The van der Waals surface area contributed by atoms with Crippen molar-refractivity contribution in [2.45, 2.75) is 12.1 Å². The maximum Gasteiger partial charge on any atom is 0.331 e. The quantitative estimate of drug-likeness (QED) is 0.246. The van der Waals surface area contributed by atoms with Crippen LogP contribution in [0.2, 0.25) is 0 Å². The van der Waals surface area contributed by atoms with Gasteiger partial charge in [0.2, 0.25) is 5.91 Å². The van der Waals surface area contributed by atoms with Crippen molar-refractivity contribution in [3.63, 3.8) is 0 Å². The maximum absolute atomic E-state index is 11.4. The van der Waals surface area contributed by atoms with E-state index in [4.69, 9.17) is 0 Å². The van der Waals surface area contributed by atoms with E-state index in [2.05, 4.69) is 16.2 Å². The number of hydrogen-bond donors (Lipinski definition) is 4. The molecule has 1 atom stereocenters. The largest absolute Gasteiger partial charge is 0.331 e. The number of hydrogen-bond acceptors (Lipinski definition) is 5. The van der Waals surface area contributed by atoms with Gasteiger partial charge in [0.1, 0.15) is 0 Å². The van der Waals surface area contributed by atoms with Crippen molar-refractivity contribution in [1.29, 1.82) is 0 Å². The van der Waals surface area contributed by atoms with Crippen LogP contribution in [0.15, 0.2) is 0 Å². The van der Waals surface area contributed by atoms with Gasteiger partial charge in [-0.1, -0.05) is 0 Å². The minimum absolute atomic E-state index is 0.444. The molecule has 0 aromatic rings. The number of ketones is 1. The van der Waals surface area contributed by atoms with Crippen LogP contribution in [0.3, 0.4) is 0 Å². The topological polar surface area (TPSA) is 116 Å². The Hall–Kier alpha value is -1.96. The minimum atomic E-state index is -1.83. The van der Waals surface area contributed by atoms with Crippen LogP contribution in [0.1, 0.15) is 6.42 Å². The van der Waals surface area contributed by atoms with Crippen LogP contribution in [-0.2, 0) is 14.4 Å². The van der Waals surface area contributed by atoms with Crippen molar-refractivity contribution < 1.29 is 19.2 Å². The number of imide groups is 1. The third kappa shape index (κ3) is 0.973. The third-order valence-corrected chi connectivity index (χ3v) is 2.00. The summed E-state index contributed by atoms with van der Waals surface area (Å²) in [6, 6.07) is -0.692. The molecule has 2 heterocycles. The molecule has 1 spiro atoms. The number of carbonyl (C=O) groups is 4. The molecule has 2 aliphatic rings. The van der Waals surface area contributed by atoms with Gasteiger partial charge in [-0.2, -0.15) is 5.43 Å². The van der Waals surface area contributed by atoms with Crippen molar-refractivity contribution in [1.82, 2.24) is 21.5 Å². The second-order valence-corrected chi connectivity index (χ2v) is 2.93. The van der Waals surface area contributed by atoms with Crippen LogP contribution in [0.5, 0.6) is 0 Å². The molecule has 8 nitrogen and oxygen atoms in total. The summed E-state index contributed by atoms with van der Waals surface area (Å²) < 4.78 is 0. The van der Waals surface area contributed by atoms with Gasteiger partial charge in [0.25, 0.3) is 11.6 Å². The fourth-order valence-corrected chi connectivity index (χ4v) is 1.31. The number of urea groups is 1. The molecule has 2 saturated heterocycles. The summed E-state index contributed by atoms with van der Waals surface area (Å²) in [5, 5.41) is 4.06. The van der Waals surface area contributed by atoms with Gasteiger partial charge in [0.15, 0.2) is 5.78 Å². The Labute approximate surface area is 77.4 Å². The van der Waals surface area contributed by atoms with Gasteiger partial charge in [0.05, 0.1) is 6.42 Å². The fourth-order valence-electron chi connectivity index (χ4n) is 1.31. The molecular weight excluding hydrogens is 192 g/mol. The van der Waals surface area contributed by atoms with Crippen molar-refractivity contribution in [2.75, 3.05) is 0 Å². The van der Waals surface area contributed by atoms with Crippen LogP contribution in [0.4, 0.5) is 4.79 Å². The summed E-state index contributed by atoms with van der Waals surface area (Å²) in [4.78, 5) is 44.3. The molecule has 2 rings (SSSR count). The smallest absolute Gasteiger partial charge is 0.303 e. The minimum Gasteiger partial charge on any atom is -0.303 e. The van der Waals surface area contributed by atoms with Crippen molar-refractivity contribution in [3.8, 4) is 0 Å². The van der Waals surface area contributed by atoms with Crippen LogP contribution >= 0.6 is 0 Å². The standard InChI is InChI=1S/C6H6N4O4/c11-2-1-3(12)7-4(13)6(2)8-5(14)9-10-6/h10H,1H2,(H,7,12,13)(H2,8,9,14). The number of Topliss-reactive ketones (excluding diaryl/α,β-unsaturated/α-hetero) is 1. The highest BCUT2D eigenvalue weighted by molar-refractivity contribution is 6.25. The van der Waals surface area contributed by atoms with Gasteiger partial charge in [-0.25, -0.2) is 4.79 Å². The van der Waals surface area contributed by atoms with Gasteiger partial charge in [-0.3, -0.25) is 25.1 Å². The molecule has 0 aliphatic carbocycles. The summed E-state index contributed by atoms with van der Waals surface area (Å²) in [6.07, 6.45) is -0.444. The molecule has 2 aliphatic heterocycles. The molecule has 14 heavy (non-hydrogen) atoms. The van der Waals surface area contributed by atoms with E-state index in [1.54, 1.807) is 0 Å². The maximum atomic E-state index is 11.4. The molecule has 4 N–H and O–H groups in total. The SMILES string of the molecule is O=C1CC(=O)C2(NNC(=O)N2)C(=O)N1. The van der Waals surface area contributed by atoms with Crippen LogP contribution < -0.4 is 21.5 Å². The summed E-state index contributed by atoms with van der Waals surface area (Å²) in [5.41, 5.74) is 2.45. The second kappa shape index (κ2) is 2.51. The monoisotopic (exact) mass is 198 g/mol. The third-order valence-electron chi connectivity index (χ3n) is 2.00. The van der Waals surface area contributed by atoms with Crippen molar-refractivity contribution in [2.24, 2.45) is 0 Å². The molecule has 0 aromatic heterocycles. The van der Waals surface area contributed by atoms with Crippen molar-refractivity contribution in [3.05, 3.63) is 0 Å². The molecular formula is C6H6N4O4. The summed E-state index contributed by atoms with van der Waals surface area (Å²) in [7, 11) is 0. The first-order chi connectivity index (χ1) is 6.54. The Kier molecular flexibility index (Phi) is 1.55. The normalized spacial score (nSPS) is 31.4. The lowest BCUT2D eigenvalue weighted by molar-refractivity contribution is -0.147. The van der Waals surface area contributed by atoms with E-state index in [0.29, 0.717) is 0 Å². The molecule has 74 valence electrons. The average Bonchev–Trinajstić information content (AvgIpc) is 2.46. The predicted octanol–water partition coefficient (Wildman–Crippen LogP) is -2.88. The number of amides is 4. The number of hydrazine groups is 1. The first-order valence-electron chi connectivity index (χ1n) is 3.77. The number of piperidine rings is 1. The van der Waals surface area contributed by atoms with E-state index in [1.165, 1.54) is 0 Å². The molecule has 2 fully saturated rings. The Balaban J connectivity index is 2.34. The lowest BCUT2D eigenvalue weighted by atomic mass is 9.98. The number of nitrogens with one attached hydrogen (secondary N) is 4. The molecule has 1 unspecified atom stereocenters. The Morgan fingerprint density at radius 3 is 2.36 bits per heavy atom. The van der Waals surface area contributed by atoms with Gasteiger partial charge >= 0.3 is 6.03 Å². The van der Waals surface area contributed by atoms with Gasteiger partial charge < -0.3 is 5.32 Å². The van der Waals surface area contributed by atoms with E-state index in [9.17, 15) is 19.2 Å². The second-order valence-electron chi connectivity index (χ2n) is 2.93. The molecule has 0 aromatic carbocycles. The zero-order valence-corrected chi connectivity index (χ0v) is 6.84. The Bertz CT molecular complexity index is 343. The highest BCUT2D eigenvalue weighted by atomic mass is 16.2. The molecule has 0 bridgehead atoms. The first-order valence-corrected chi connectivity index (χ1v) is 3.77. The van der Waals surface area contributed by atoms with Crippen LogP contribution in [-0.4, -0.2) is 29.3 Å². The van der Waals surface area contributed by atoms with E-state index in [-0.39, 0.29) is 0 Å². The lowest BCUT2D eigenvalue weighted by Gasteiger charge is -2.27. The average molecular weight is 198 g/mol. The molecule has 0 saturated carbocycles. The zero-order chi connectivity index (χ0) is 10.3. The van der Waals surface area contributed by atoms with Crippen LogP contribution in [0.25, 0.3) is 0 Å². The Morgan fingerprint density at radius 1 is 1.14 bits per heavy atom. The highest BCUT2D eigenvalue weighted by Gasteiger charge is 2.54. The lowest BCUT2D eigenvalue weighted by Crippen LogP contribution is -2.70. The molecule has 4 amide bonds. The summed E-state index contributed by atoms with van der Waals surface area (Å²) >= 11 is 0. The van der Waals surface area contributed by atoms with E-state index >= 15 is 0 Å². The van der Waals surface area contributed by atoms with E-state index in [0.717, 1.165) is 0 Å². The van der Waals surface area contributed by atoms with E-state index in [1.807, 2.05) is 5.32 Å². The van der Waals surface area contributed by atoms with Crippen molar-refractivity contribution >= 4 is 23.6 Å². The zero-order valence-electron chi connectivity index (χ0n) is 6.84.